The number of hydrogen-bond acceptors (Lipinski definition) is 2. The standard InChI is InChI=1S/C14H17N3/c1-2-7-17(6-1)11-12-4-3-5-13(8-12)14-9-15-16-10-14/h3-5,8-10H,1-2,6-7,11H2,(H,15,16). The van der Waals surface area contributed by atoms with Gasteiger partial charge >= 0.3 is 0 Å². The van der Waals surface area contributed by atoms with Crippen LogP contribution in [0, 0.1) is 0 Å². The Balaban J connectivity index is 1.79. The normalized spacial score (nSPS) is 16.5. The number of aromatic amines is 1. The molecule has 0 atom stereocenters. The van der Waals surface area contributed by atoms with Crippen LogP contribution < -0.4 is 0 Å². The highest BCUT2D eigenvalue weighted by Gasteiger charge is 2.11. The summed E-state index contributed by atoms with van der Waals surface area (Å²) in [6.45, 7) is 3.57. The van der Waals surface area contributed by atoms with Crippen molar-refractivity contribution in [2.24, 2.45) is 0 Å². The summed E-state index contributed by atoms with van der Waals surface area (Å²) in [5.74, 6) is 0. The van der Waals surface area contributed by atoms with E-state index in [1.807, 2.05) is 12.4 Å². The van der Waals surface area contributed by atoms with Gasteiger partial charge < -0.3 is 0 Å². The lowest BCUT2D eigenvalue weighted by Gasteiger charge is -2.14. The van der Waals surface area contributed by atoms with Crippen molar-refractivity contribution in [3.63, 3.8) is 0 Å². The summed E-state index contributed by atoms with van der Waals surface area (Å²) >= 11 is 0. The van der Waals surface area contributed by atoms with Crippen LogP contribution in [-0.4, -0.2) is 28.2 Å². The van der Waals surface area contributed by atoms with Crippen molar-refractivity contribution in [2.75, 3.05) is 13.1 Å². The van der Waals surface area contributed by atoms with Crippen LogP contribution >= 0.6 is 0 Å². The van der Waals surface area contributed by atoms with Crippen LogP contribution in [0.1, 0.15) is 18.4 Å². The zero-order valence-corrected chi connectivity index (χ0v) is 9.89. The van der Waals surface area contributed by atoms with Gasteiger partial charge in [-0.15, -0.1) is 0 Å². The summed E-state index contributed by atoms with van der Waals surface area (Å²) in [6.07, 6.45) is 6.51. The second-order valence-electron chi connectivity index (χ2n) is 4.67. The summed E-state index contributed by atoms with van der Waals surface area (Å²) in [7, 11) is 0. The molecule has 3 rings (SSSR count). The smallest absolute Gasteiger partial charge is 0.0565 e. The average Bonchev–Trinajstić information content (AvgIpc) is 3.01. The number of benzene rings is 1. The fourth-order valence-electron chi connectivity index (χ4n) is 2.46. The first-order valence-electron chi connectivity index (χ1n) is 6.22. The minimum atomic E-state index is 1.08. The third-order valence-electron chi connectivity index (χ3n) is 3.36. The van der Waals surface area contributed by atoms with Gasteiger partial charge in [-0.05, 0) is 43.1 Å². The molecule has 1 fully saturated rings. The summed E-state index contributed by atoms with van der Waals surface area (Å²) in [4.78, 5) is 2.52. The maximum absolute atomic E-state index is 4.00. The number of likely N-dealkylation sites (tertiary alicyclic amines) is 1. The fourth-order valence-corrected chi connectivity index (χ4v) is 2.46. The van der Waals surface area contributed by atoms with Crippen molar-refractivity contribution in [3.8, 4) is 11.1 Å². The lowest BCUT2D eigenvalue weighted by Crippen LogP contribution is -2.18. The van der Waals surface area contributed by atoms with E-state index < -0.39 is 0 Å². The molecule has 1 aliphatic rings. The van der Waals surface area contributed by atoms with Crippen LogP contribution in [0.15, 0.2) is 36.7 Å². The molecule has 17 heavy (non-hydrogen) atoms. The molecular weight excluding hydrogens is 210 g/mol. The Morgan fingerprint density at radius 2 is 2.06 bits per heavy atom. The zero-order chi connectivity index (χ0) is 11.5. The zero-order valence-electron chi connectivity index (χ0n) is 9.89. The molecule has 0 saturated carbocycles. The number of aromatic nitrogens is 2. The molecule has 2 heterocycles. The van der Waals surface area contributed by atoms with E-state index >= 15 is 0 Å². The molecule has 2 aromatic rings. The molecular formula is C14H17N3. The van der Waals surface area contributed by atoms with E-state index in [1.165, 1.54) is 37.1 Å². The van der Waals surface area contributed by atoms with Crippen molar-refractivity contribution in [3.05, 3.63) is 42.2 Å². The van der Waals surface area contributed by atoms with Gasteiger partial charge in [0.1, 0.15) is 0 Å². The van der Waals surface area contributed by atoms with E-state index in [1.54, 1.807) is 0 Å². The Bertz CT molecular complexity index is 470. The van der Waals surface area contributed by atoms with Crippen LogP contribution in [0.4, 0.5) is 0 Å². The van der Waals surface area contributed by atoms with Crippen LogP contribution in [0.5, 0.6) is 0 Å². The summed E-state index contributed by atoms with van der Waals surface area (Å²) in [5.41, 5.74) is 3.80. The summed E-state index contributed by atoms with van der Waals surface area (Å²) < 4.78 is 0. The van der Waals surface area contributed by atoms with Gasteiger partial charge in [-0.3, -0.25) is 10.00 Å². The lowest BCUT2D eigenvalue weighted by atomic mass is 10.1. The second kappa shape index (κ2) is 4.72. The molecule has 1 saturated heterocycles. The van der Waals surface area contributed by atoms with Crippen molar-refractivity contribution >= 4 is 0 Å². The number of nitrogens with zero attached hydrogens (tertiary/aromatic N) is 2. The average molecular weight is 227 g/mol. The number of H-pyrrole nitrogens is 1. The first kappa shape index (κ1) is 10.5. The third-order valence-corrected chi connectivity index (χ3v) is 3.36. The fraction of sp³-hybridized carbons (Fsp3) is 0.357. The maximum atomic E-state index is 4.00. The first-order chi connectivity index (χ1) is 8.42. The highest BCUT2D eigenvalue weighted by atomic mass is 15.1. The van der Waals surface area contributed by atoms with E-state index in [0.717, 1.165) is 12.1 Å². The van der Waals surface area contributed by atoms with E-state index in [9.17, 15) is 0 Å². The predicted molar refractivity (Wildman–Crippen MR) is 68.5 cm³/mol. The molecule has 88 valence electrons. The van der Waals surface area contributed by atoms with Crippen molar-refractivity contribution < 1.29 is 0 Å². The van der Waals surface area contributed by atoms with E-state index in [2.05, 4.69) is 39.4 Å². The van der Waals surface area contributed by atoms with Gasteiger partial charge in [-0.1, -0.05) is 18.2 Å². The quantitative estimate of drug-likeness (QED) is 0.874. The third kappa shape index (κ3) is 2.39. The van der Waals surface area contributed by atoms with Crippen LogP contribution in [0.3, 0.4) is 0 Å². The second-order valence-corrected chi connectivity index (χ2v) is 4.67. The molecule has 0 bridgehead atoms. The van der Waals surface area contributed by atoms with Gasteiger partial charge in [0.2, 0.25) is 0 Å². The maximum Gasteiger partial charge on any atom is 0.0565 e. The van der Waals surface area contributed by atoms with Crippen LogP contribution in [-0.2, 0) is 6.54 Å². The van der Waals surface area contributed by atoms with Crippen molar-refractivity contribution in [1.82, 2.24) is 15.1 Å². The van der Waals surface area contributed by atoms with Gasteiger partial charge in [0.25, 0.3) is 0 Å². The van der Waals surface area contributed by atoms with Gasteiger partial charge in [-0.2, -0.15) is 5.10 Å². The van der Waals surface area contributed by atoms with Crippen LogP contribution in [0.25, 0.3) is 11.1 Å². The Morgan fingerprint density at radius 1 is 1.18 bits per heavy atom. The minimum Gasteiger partial charge on any atom is -0.299 e. The highest BCUT2D eigenvalue weighted by molar-refractivity contribution is 5.62. The largest absolute Gasteiger partial charge is 0.299 e. The first-order valence-corrected chi connectivity index (χ1v) is 6.22. The number of hydrogen-bond donors (Lipinski definition) is 1. The predicted octanol–water partition coefficient (Wildman–Crippen LogP) is 2.67. The molecule has 1 aromatic carbocycles. The molecule has 3 nitrogen and oxygen atoms in total. The topological polar surface area (TPSA) is 31.9 Å². The molecule has 1 aromatic heterocycles. The van der Waals surface area contributed by atoms with Gasteiger partial charge in [0.05, 0.1) is 6.20 Å². The summed E-state index contributed by atoms with van der Waals surface area (Å²) in [5, 5.41) is 6.86. The van der Waals surface area contributed by atoms with Crippen molar-refractivity contribution in [2.45, 2.75) is 19.4 Å². The van der Waals surface area contributed by atoms with Gasteiger partial charge in [0, 0.05) is 18.3 Å². The molecule has 0 unspecified atom stereocenters. The molecule has 1 aliphatic heterocycles. The Labute approximate surface area is 101 Å². The van der Waals surface area contributed by atoms with Crippen LogP contribution in [0.2, 0.25) is 0 Å². The van der Waals surface area contributed by atoms with E-state index in [0.29, 0.717) is 0 Å². The highest BCUT2D eigenvalue weighted by Crippen LogP contribution is 2.20. The number of nitrogens with one attached hydrogen (secondary N) is 1. The molecule has 1 N–H and O–H groups in total. The molecule has 0 aliphatic carbocycles. The lowest BCUT2D eigenvalue weighted by molar-refractivity contribution is 0.331. The van der Waals surface area contributed by atoms with Gasteiger partial charge in [0.15, 0.2) is 0 Å². The summed E-state index contributed by atoms with van der Waals surface area (Å²) in [6, 6.07) is 8.75. The minimum absolute atomic E-state index is 1.08. The molecule has 0 spiro atoms. The van der Waals surface area contributed by atoms with Gasteiger partial charge in [-0.25, -0.2) is 0 Å². The number of rotatable bonds is 3. The van der Waals surface area contributed by atoms with E-state index in [4.69, 9.17) is 0 Å². The Hall–Kier alpha value is -1.61. The van der Waals surface area contributed by atoms with E-state index in [-0.39, 0.29) is 0 Å². The molecule has 0 radical (unpaired) electrons. The molecule has 0 amide bonds. The Kier molecular flexibility index (Phi) is 2.92. The SMILES string of the molecule is c1cc(CN2CCCC2)cc(-c2cn[nH]c2)c1. The Morgan fingerprint density at radius 3 is 2.82 bits per heavy atom. The molecule has 3 heteroatoms. The van der Waals surface area contributed by atoms with Crippen molar-refractivity contribution in [1.29, 1.82) is 0 Å². The monoisotopic (exact) mass is 227 g/mol.